The number of imidazole rings is 1. The Morgan fingerprint density at radius 3 is 2.76 bits per heavy atom. The Bertz CT molecular complexity index is 1390. The summed E-state index contributed by atoms with van der Waals surface area (Å²) in [5.74, 6) is -0.117. The van der Waals surface area contributed by atoms with Gasteiger partial charge in [-0.2, -0.15) is 0 Å². The molecular weight excluding hydrogens is 455 g/mol. The molecule has 1 aromatic carbocycles. The summed E-state index contributed by atoms with van der Waals surface area (Å²) in [7, 11) is 0. The van der Waals surface area contributed by atoms with Crippen molar-refractivity contribution >= 4 is 34.8 Å². The summed E-state index contributed by atoms with van der Waals surface area (Å²) in [4.78, 5) is 25.6. The minimum absolute atomic E-state index is 0.315. The molecule has 2 aliphatic carbocycles. The smallest absolute Gasteiger partial charge is 0.232 e. The van der Waals surface area contributed by atoms with Crippen LogP contribution in [0.4, 0.5) is 16.0 Å². The van der Waals surface area contributed by atoms with Crippen LogP contribution in [0.25, 0.3) is 5.65 Å². The number of carbonyl (C=O) groups excluding carboxylic acids is 1. The maximum atomic E-state index is 14.4. The van der Waals surface area contributed by atoms with E-state index in [1.807, 2.05) is 12.3 Å². The van der Waals surface area contributed by atoms with Crippen LogP contribution in [-0.4, -0.2) is 31.4 Å². The molecule has 0 spiro atoms. The molecule has 2 N–H and O–H groups in total. The molecule has 6 rings (SSSR count). The number of benzene rings is 1. The molecule has 2 fully saturated rings. The lowest BCUT2D eigenvalue weighted by Crippen LogP contribution is -2.17. The molecule has 7 nitrogen and oxygen atoms in total. The van der Waals surface area contributed by atoms with Crippen LogP contribution in [0.2, 0.25) is 5.02 Å². The lowest BCUT2D eigenvalue weighted by atomic mass is 10.1. The third-order valence-electron chi connectivity index (χ3n) is 6.41. The number of aromatic nitrogens is 4. The van der Waals surface area contributed by atoms with Crippen LogP contribution in [0, 0.1) is 5.92 Å². The molecule has 2 saturated carbocycles. The predicted octanol–water partition coefficient (Wildman–Crippen LogP) is 4.96. The van der Waals surface area contributed by atoms with Crippen molar-refractivity contribution in [3.8, 4) is 0 Å². The summed E-state index contributed by atoms with van der Waals surface area (Å²) in [6, 6.07) is 12.8. The Labute approximate surface area is 200 Å². The van der Waals surface area contributed by atoms with Gasteiger partial charge >= 0.3 is 0 Å². The van der Waals surface area contributed by atoms with Gasteiger partial charge in [-0.3, -0.25) is 4.79 Å². The highest BCUT2D eigenvalue weighted by Gasteiger charge is 2.56. The number of amides is 1. The minimum Gasteiger partial charge on any atom is -0.364 e. The van der Waals surface area contributed by atoms with E-state index in [1.54, 1.807) is 30.3 Å². The number of carbonyl (C=O) groups is 1. The fourth-order valence-corrected chi connectivity index (χ4v) is 4.60. The van der Waals surface area contributed by atoms with E-state index in [1.165, 1.54) is 24.7 Å². The Morgan fingerprint density at radius 2 is 1.94 bits per heavy atom. The number of fused-ring (bicyclic) bond motifs is 1. The zero-order chi connectivity index (χ0) is 23.2. The van der Waals surface area contributed by atoms with E-state index in [0.717, 1.165) is 16.9 Å². The first-order chi connectivity index (χ1) is 16.5. The number of nitrogens with one attached hydrogen (secondary N) is 2. The van der Waals surface area contributed by atoms with Crippen LogP contribution in [0.15, 0.2) is 61.2 Å². The maximum Gasteiger partial charge on any atom is 0.232 e. The second-order valence-corrected chi connectivity index (χ2v) is 9.35. The number of halogens is 2. The molecule has 3 aromatic heterocycles. The van der Waals surface area contributed by atoms with Gasteiger partial charge in [-0.15, -0.1) is 0 Å². The topological polar surface area (TPSA) is 84.2 Å². The Balaban J connectivity index is 1.09. The summed E-state index contributed by atoms with van der Waals surface area (Å²) in [6.07, 6.45) is 6.78. The second-order valence-electron chi connectivity index (χ2n) is 8.92. The van der Waals surface area contributed by atoms with E-state index in [9.17, 15) is 9.18 Å². The third kappa shape index (κ3) is 4.21. The van der Waals surface area contributed by atoms with Gasteiger partial charge in [0.1, 0.15) is 29.8 Å². The SMILES string of the molecule is O=C(Nc1cc(NCc2cn3cc(C4CC4)ccc3n2)ncn1)[C@H]1[C@H](F)[C@@H]1c1cccc(Cl)c1. The molecule has 34 heavy (non-hydrogen) atoms. The first kappa shape index (κ1) is 21.0. The number of rotatable bonds is 7. The Hall–Kier alpha value is -3.52. The Kier molecular flexibility index (Phi) is 5.17. The molecule has 2 aliphatic rings. The van der Waals surface area contributed by atoms with Gasteiger partial charge in [0.05, 0.1) is 18.2 Å². The fourth-order valence-electron chi connectivity index (χ4n) is 4.40. The zero-order valence-electron chi connectivity index (χ0n) is 18.2. The van der Waals surface area contributed by atoms with Crippen LogP contribution in [0.3, 0.4) is 0 Å². The van der Waals surface area contributed by atoms with Crippen molar-refractivity contribution in [3.63, 3.8) is 0 Å². The highest BCUT2D eigenvalue weighted by Crippen LogP contribution is 2.51. The van der Waals surface area contributed by atoms with E-state index in [4.69, 9.17) is 11.6 Å². The maximum absolute atomic E-state index is 14.4. The summed E-state index contributed by atoms with van der Waals surface area (Å²) >= 11 is 6.00. The molecule has 172 valence electrons. The van der Waals surface area contributed by atoms with Crippen molar-refractivity contribution in [1.82, 2.24) is 19.4 Å². The number of alkyl halides is 1. The van der Waals surface area contributed by atoms with E-state index < -0.39 is 23.9 Å². The quantitative estimate of drug-likeness (QED) is 0.394. The lowest BCUT2D eigenvalue weighted by Gasteiger charge is -2.07. The van der Waals surface area contributed by atoms with Gasteiger partial charge in [-0.25, -0.2) is 19.3 Å². The first-order valence-electron chi connectivity index (χ1n) is 11.3. The molecule has 0 aliphatic heterocycles. The summed E-state index contributed by atoms with van der Waals surface area (Å²) < 4.78 is 16.5. The molecule has 9 heteroatoms. The number of anilines is 2. The molecule has 3 atom stereocenters. The number of hydrogen-bond donors (Lipinski definition) is 2. The number of nitrogens with zero attached hydrogens (tertiary/aromatic N) is 4. The molecule has 0 unspecified atom stereocenters. The van der Waals surface area contributed by atoms with E-state index in [0.29, 0.717) is 29.1 Å². The highest BCUT2D eigenvalue weighted by atomic mass is 35.5. The van der Waals surface area contributed by atoms with Gasteiger partial charge in [0.2, 0.25) is 5.91 Å². The first-order valence-corrected chi connectivity index (χ1v) is 11.7. The van der Waals surface area contributed by atoms with Gasteiger partial charge in [-0.1, -0.05) is 29.8 Å². The van der Waals surface area contributed by atoms with Crippen molar-refractivity contribution in [2.75, 3.05) is 10.6 Å². The van der Waals surface area contributed by atoms with Crippen LogP contribution in [0.1, 0.15) is 41.5 Å². The van der Waals surface area contributed by atoms with Crippen molar-refractivity contribution in [2.45, 2.75) is 37.4 Å². The monoisotopic (exact) mass is 476 g/mol. The van der Waals surface area contributed by atoms with Crippen molar-refractivity contribution < 1.29 is 9.18 Å². The van der Waals surface area contributed by atoms with Crippen LogP contribution < -0.4 is 10.6 Å². The average Bonchev–Trinajstić information content (AvgIpc) is 3.74. The molecule has 0 radical (unpaired) electrons. The van der Waals surface area contributed by atoms with Gasteiger partial charge < -0.3 is 15.0 Å². The summed E-state index contributed by atoms with van der Waals surface area (Å²) in [6.45, 7) is 0.469. The highest BCUT2D eigenvalue weighted by molar-refractivity contribution is 6.30. The molecule has 1 amide bonds. The number of hydrogen-bond acceptors (Lipinski definition) is 5. The van der Waals surface area contributed by atoms with E-state index in [-0.39, 0.29) is 0 Å². The van der Waals surface area contributed by atoms with Gasteiger partial charge in [-0.05, 0) is 48.1 Å². The molecular formula is C25H22ClFN6O. The second kappa shape index (κ2) is 8.36. The van der Waals surface area contributed by atoms with Crippen molar-refractivity contribution in [2.24, 2.45) is 5.92 Å². The number of pyridine rings is 1. The van der Waals surface area contributed by atoms with E-state index in [2.05, 4.69) is 42.2 Å². The lowest BCUT2D eigenvalue weighted by molar-refractivity contribution is -0.117. The predicted molar refractivity (Wildman–Crippen MR) is 128 cm³/mol. The molecule has 0 saturated heterocycles. The zero-order valence-corrected chi connectivity index (χ0v) is 18.9. The van der Waals surface area contributed by atoms with Gasteiger partial charge in [0, 0.05) is 29.4 Å². The van der Waals surface area contributed by atoms with Gasteiger partial charge in [0.25, 0.3) is 0 Å². The Morgan fingerprint density at radius 1 is 1.09 bits per heavy atom. The molecule has 3 heterocycles. The van der Waals surface area contributed by atoms with Crippen LogP contribution in [-0.2, 0) is 11.3 Å². The van der Waals surface area contributed by atoms with Gasteiger partial charge in [0.15, 0.2) is 0 Å². The fraction of sp³-hybridized carbons (Fsp3) is 0.280. The minimum atomic E-state index is -1.24. The molecule has 4 aromatic rings. The normalized spacial score (nSPS) is 21.4. The standard InChI is InChI=1S/C25H22ClFN6O/c26-17-3-1-2-15(8-17)22-23(24(22)27)25(34)32-20-9-19(29-13-30-20)28-10-18-12-33-11-16(14-4-5-14)6-7-21(33)31-18/h1-3,6-9,11-14,22-24H,4-5,10H2,(H2,28,29,30,32,34)/t22-,23-,24-/m1/s1. The van der Waals surface area contributed by atoms with Crippen LogP contribution >= 0.6 is 11.6 Å². The van der Waals surface area contributed by atoms with Crippen molar-refractivity contribution in [1.29, 1.82) is 0 Å². The van der Waals surface area contributed by atoms with Crippen molar-refractivity contribution in [3.05, 3.63) is 83.0 Å². The third-order valence-corrected chi connectivity index (χ3v) is 6.65. The average molecular weight is 477 g/mol. The largest absolute Gasteiger partial charge is 0.364 e. The summed E-state index contributed by atoms with van der Waals surface area (Å²) in [5.41, 5.74) is 3.85. The molecule has 0 bridgehead atoms. The summed E-state index contributed by atoms with van der Waals surface area (Å²) in [5, 5.41) is 6.45. The van der Waals surface area contributed by atoms with E-state index >= 15 is 0 Å². The van der Waals surface area contributed by atoms with Crippen LogP contribution in [0.5, 0.6) is 0 Å².